The smallest absolute Gasteiger partial charge is 0.275 e. The van der Waals surface area contributed by atoms with Crippen LogP contribution in [0.4, 0.5) is 5.69 Å². The molecule has 0 amide bonds. The number of rotatable bonds is 5. The molecule has 1 heterocycles. The van der Waals surface area contributed by atoms with E-state index in [0.717, 1.165) is 14.7 Å². The first-order chi connectivity index (χ1) is 12.4. The number of aromatic nitrogens is 2. The van der Waals surface area contributed by atoms with Crippen LogP contribution in [0.2, 0.25) is 5.02 Å². The molecule has 0 radical (unpaired) electrons. The van der Waals surface area contributed by atoms with E-state index in [4.69, 9.17) is 11.6 Å². The standard InChI is InChI=1S/C18H15ClIN3O3/c1-22-17(15(20)10-21-22)18(24)13-9-11(6-7-16(13)23(25)26)8-12-4-2-3-5-14(12)19/h2-7,9-10,18,24H,8H2,1H3. The number of hydrogen-bond acceptors (Lipinski definition) is 4. The maximum atomic E-state index is 11.4. The summed E-state index contributed by atoms with van der Waals surface area (Å²) in [7, 11) is 1.69. The molecule has 2 aromatic carbocycles. The van der Waals surface area contributed by atoms with Gasteiger partial charge in [0, 0.05) is 18.1 Å². The number of aryl methyl sites for hydroxylation is 1. The van der Waals surface area contributed by atoms with Crippen LogP contribution < -0.4 is 0 Å². The fraction of sp³-hybridized carbons (Fsp3) is 0.167. The summed E-state index contributed by atoms with van der Waals surface area (Å²) < 4.78 is 2.26. The molecule has 0 bridgehead atoms. The van der Waals surface area contributed by atoms with Crippen LogP contribution in [0.15, 0.2) is 48.7 Å². The number of benzene rings is 2. The van der Waals surface area contributed by atoms with Crippen molar-refractivity contribution in [3.05, 3.63) is 89.8 Å². The van der Waals surface area contributed by atoms with Crippen LogP contribution in [0.5, 0.6) is 0 Å². The topological polar surface area (TPSA) is 81.2 Å². The van der Waals surface area contributed by atoms with Gasteiger partial charge < -0.3 is 5.11 Å². The molecule has 1 aromatic heterocycles. The molecule has 3 aromatic rings. The van der Waals surface area contributed by atoms with E-state index in [1.54, 1.807) is 31.4 Å². The van der Waals surface area contributed by atoms with E-state index >= 15 is 0 Å². The highest BCUT2D eigenvalue weighted by molar-refractivity contribution is 14.1. The van der Waals surface area contributed by atoms with Gasteiger partial charge in [-0.3, -0.25) is 14.8 Å². The fourth-order valence-electron chi connectivity index (χ4n) is 2.84. The molecule has 3 rings (SSSR count). The molecule has 0 aliphatic rings. The highest BCUT2D eigenvalue weighted by Gasteiger charge is 2.26. The van der Waals surface area contributed by atoms with Gasteiger partial charge in [-0.1, -0.05) is 35.9 Å². The van der Waals surface area contributed by atoms with E-state index in [9.17, 15) is 15.2 Å². The molecule has 1 unspecified atom stereocenters. The minimum Gasteiger partial charge on any atom is -0.382 e. The Morgan fingerprint density at radius 1 is 1.35 bits per heavy atom. The summed E-state index contributed by atoms with van der Waals surface area (Å²) in [5.41, 5.74) is 2.37. The van der Waals surface area contributed by atoms with Crippen LogP contribution in [0.25, 0.3) is 0 Å². The average molecular weight is 484 g/mol. The third kappa shape index (κ3) is 3.74. The molecule has 8 heteroatoms. The lowest BCUT2D eigenvalue weighted by Crippen LogP contribution is -2.11. The van der Waals surface area contributed by atoms with Gasteiger partial charge in [-0.05, 0) is 52.3 Å². The normalized spacial score (nSPS) is 12.2. The number of nitro groups is 1. The molecule has 0 aliphatic carbocycles. The summed E-state index contributed by atoms with van der Waals surface area (Å²) in [6.07, 6.45) is 0.972. The Hall–Kier alpha value is -1.97. The predicted octanol–water partition coefficient (Wildman–Crippen LogP) is 4.26. The molecule has 0 spiro atoms. The fourth-order valence-corrected chi connectivity index (χ4v) is 3.81. The van der Waals surface area contributed by atoms with Gasteiger partial charge in [0.2, 0.25) is 0 Å². The van der Waals surface area contributed by atoms with Gasteiger partial charge in [-0.15, -0.1) is 0 Å². The van der Waals surface area contributed by atoms with Gasteiger partial charge in [0.1, 0.15) is 6.10 Å². The van der Waals surface area contributed by atoms with Crippen molar-refractivity contribution in [2.45, 2.75) is 12.5 Å². The number of aliphatic hydroxyl groups excluding tert-OH is 1. The van der Waals surface area contributed by atoms with Crippen molar-refractivity contribution in [2.24, 2.45) is 7.05 Å². The van der Waals surface area contributed by atoms with Crippen molar-refractivity contribution in [1.82, 2.24) is 9.78 Å². The summed E-state index contributed by atoms with van der Waals surface area (Å²) in [6.45, 7) is 0. The van der Waals surface area contributed by atoms with Crippen LogP contribution >= 0.6 is 34.2 Å². The lowest BCUT2D eigenvalue weighted by molar-refractivity contribution is -0.386. The second-order valence-electron chi connectivity index (χ2n) is 5.82. The maximum Gasteiger partial charge on any atom is 0.275 e. The molecule has 26 heavy (non-hydrogen) atoms. The second-order valence-corrected chi connectivity index (χ2v) is 7.39. The van der Waals surface area contributed by atoms with Crippen molar-refractivity contribution in [3.63, 3.8) is 0 Å². The molecule has 0 saturated heterocycles. The Morgan fingerprint density at radius 3 is 2.69 bits per heavy atom. The first-order valence-corrected chi connectivity index (χ1v) is 9.20. The van der Waals surface area contributed by atoms with Crippen molar-refractivity contribution < 1.29 is 10.0 Å². The zero-order valence-electron chi connectivity index (χ0n) is 13.8. The summed E-state index contributed by atoms with van der Waals surface area (Å²) in [5, 5.41) is 27.0. The lowest BCUT2D eigenvalue weighted by Gasteiger charge is -2.14. The molecule has 6 nitrogen and oxygen atoms in total. The Morgan fingerprint density at radius 2 is 2.08 bits per heavy atom. The summed E-state index contributed by atoms with van der Waals surface area (Å²) in [5.74, 6) is 0. The first kappa shape index (κ1) is 18.8. The Bertz CT molecular complexity index is 955. The van der Waals surface area contributed by atoms with E-state index < -0.39 is 11.0 Å². The van der Waals surface area contributed by atoms with Crippen molar-refractivity contribution in [3.8, 4) is 0 Å². The van der Waals surface area contributed by atoms with E-state index in [0.29, 0.717) is 17.1 Å². The highest BCUT2D eigenvalue weighted by Crippen LogP contribution is 2.33. The molecule has 1 N–H and O–H groups in total. The van der Waals surface area contributed by atoms with E-state index in [2.05, 4.69) is 27.7 Å². The van der Waals surface area contributed by atoms with Gasteiger partial charge in [-0.2, -0.15) is 5.10 Å². The number of nitrogens with zero attached hydrogens (tertiary/aromatic N) is 3. The van der Waals surface area contributed by atoms with E-state index in [-0.39, 0.29) is 11.3 Å². The largest absolute Gasteiger partial charge is 0.382 e. The van der Waals surface area contributed by atoms with Crippen LogP contribution in [0.3, 0.4) is 0 Å². The minimum absolute atomic E-state index is 0.127. The number of hydrogen-bond donors (Lipinski definition) is 1. The van der Waals surface area contributed by atoms with Crippen molar-refractivity contribution in [2.75, 3.05) is 0 Å². The summed E-state index contributed by atoms with van der Waals surface area (Å²) >= 11 is 8.26. The Balaban J connectivity index is 2.05. The SMILES string of the molecule is Cn1ncc(I)c1C(O)c1cc(Cc2ccccc2Cl)ccc1[N+](=O)[O-]. The van der Waals surface area contributed by atoms with Crippen LogP contribution in [0.1, 0.15) is 28.5 Å². The lowest BCUT2D eigenvalue weighted by atomic mass is 9.97. The van der Waals surface area contributed by atoms with Crippen LogP contribution in [0, 0.1) is 13.7 Å². The molecule has 134 valence electrons. The molecule has 0 aliphatic heterocycles. The first-order valence-electron chi connectivity index (χ1n) is 7.74. The number of nitro benzene ring substituents is 1. The van der Waals surface area contributed by atoms with Gasteiger partial charge >= 0.3 is 0 Å². The number of aliphatic hydroxyl groups is 1. The van der Waals surface area contributed by atoms with Gasteiger partial charge in [-0.25, -0.2) is 0 Å². The Kier molecular flexibility index (Phi) is 5.59. The quantitative estimate of drug-likeness (QED) is 0.334. The molecule has 0 saturated carbocycles. The van der Waals surface area contributed by atoms with Gasteiger partial charge in [0.15, 0.2) is 0 Å². The Labute approximate surface area is 168 Å². The molecule has 1 atom stereocenters. The van der Waals surface area contributed by atoms with Gasteiger partial charge in [0.25, 0.3) is 5.69 Å². The monoisotopic (exact) mass is 483 g/mol. The van der Waals surface area contributed by atoms with E-state index in [1.165, 1.54) is 10.7 Å². The maximum absolute atomic E-state index is 11.4. The number of halogens is 2. The van der Waals surface area contributed by atoms with E-state index in [1.807, 2.05) is 18.2 Å². The third-order valence-corrected chi connectivity index (χ3v) is 5.33. The summed E-state index contributed by atoms with van der Waals surface area (Å²) in [4.78, 5) is 11.0. The average Bonchev–Trinajstić information content (AvgIpc) is 2.94. The zero-order chi connectivity index (χ0) is 18.8. The molecular weight excluding hydrogens is 469 g/mol. The zero-order valence-corrected chi connectivity index (χ0v) is 16.7. The van der Waals surface area contributed by atoms with Crippen LogP contribution in [-0.4, -0.2) is 19.8 Å². The van der Waals surface area contributed by atoms with Gasteiger partial charge in [0.05, 0.1) is 25.9 Å². The van der Waals surface area contributed by atoms with Crippen LogP contribution in [-0.2, 0) is 13.5 Å². The summed E-state index contributed by atoms with van der Waals surface area (Å²) in [6, 6.07) is 12.2. The third-order valence-electron chi connectivity index (χ3n) is 4.13. The highest BCUT2D eigenvalue weighted by atomic mass is 127. The second kappa shape index (κ2) is 7.73. The van der Waals surface area contributed by atoms with Crippen molar-refractivity contribution >= 4 is 39.9 Å². The molecule has 0 fully saturated rings. The molecular formula is C18H15ClIN3O3. The predicted molar refractivity (Wildman–Crippen MR) is 107 cm³/mol. The minimum atomic E-state index is -1.15. The van der Waals surface area contributed by atoms with Crippen molar-refractivity contribution in [1.29, 1.82) is 0 Å².